The molecule has 0 spiro atoms. The van der Waals surface area contributed by atoms with Gasteiger partial charge in [-0.1, -0.05) is 12.1 Å². The number of hydrogen-bond donors (Lipinski definition) is 0. The second kappa shape index (κ2) is 8.02. The Kier molecular flexibility index (Phi) is 5.29. The summed E-state index contributed by atoms with van der Waals surface area (Å²) in [6.45, 7) is 2.75. The molecule has 2 saturated heterocycles. The molecule has 28 heavy (non-hydrogen) atoms. The van der Waals surface area contributed by atoms with Crippen LogP contribution in [0.1, 0.15) is 23.2 Å². The summed E-state index contributed by atoms with van der Waals surface area (Å²) in [5.41, 5.74) is 1.29. The average Bonchev–Trinajstić information content (AvgIpc) is 3.45. The highest BCUT2D eigenvalue weighted by Gasteiger charge is 2.31. The van der Waals surface area contributed by atoms with E-state index in [1.54, 1.807) is 34.0 Å². The summed E-state index contributed by atoms with van der Waals surface area (Å²) in [4.78, 5) is 28.9. The van der Waals surface area contributed by atoms with E-state index in [9.17, 15) is 9.59 Å². The van der Waals surface area contributed by atoms with Gasteiger partial charge in [0.1, 0.15) is 17.5 Å². The van der Waals surface area contributed by atoms with Gasteiger partial charge in [0.2, 0.25) is 0 Å². The van der Waals surface area contributed by atoms with Crippen molar-refractivity contribution in [2.24, 2.45) is 0 Å². The Morgan fingerprint density at radius 2 is 1.89 bits per heavy atom. The topological polar surface area (TPSA) is 76.9 Å². The van der Waals surface area contributed by atoms with E-state index in [4.69, 9.17) is 9.47 Å². The van der Waals surface area contributed by atoms with Crippen LogP contribution in [-0.4, -0.2) is 77.4 Å². The Bertz CT molecular complexity index is 851. The molecule has 4 rings (SSSR count). The second-order valence-electron chi connectivity index (χ2n) is 6.96. The van der Waals surface area contributed by atoms with Crippen molar-refractivity contribution in [2.75, 3.05) is 39.9 Å². The molecule has 0 saturated carbocycles. The van der Waals surface area contributed by atoms with Crippen LogP contribution in [0.15, 0.2) is 36.7 Å². The van der Waals surface area contributed by atoms with Crippen molar-refractivity contribution < 1.29 is 19.1 Å². The molecule has 2 fully saturated rings. The van der Waals surface area contributed by atoms with Gasteiger partial charge in [-0.15, -0.1) is 0 Å². The highest BCUT2D eigenvalue weighted by Crippen LogP contribution is 2.22. The highest BCUT2D eigenvalue weighted by atomic mass is 16.5. The van der Waals surface area contributed by atoms with E-state index < -0.39 is 0 Å². The van der Waals surface area contributed by atoms with Crippen LogP contribution >= 0.6 is 0 Å². The summed E-state index contributed by atoms with van der Waals surface area (Å²) >= 11 is 0. The first-order chi connectivity index (χ1) is 13.7. The van der Waals surface area contributed by atoms with Crippen molar-refractivity contribution in [3.05, 3.63) is 42.2 Å². The van der Waals surface area contributed by atoms with Crippen LogP contribution in [0, 0.1) is 0 Å². The van der Waals surface area contributed by atoms with Gasteiger partial charge < -0.3 is 19.3 Å². The van der Waals surface area contributed by atoms with Crippen LogP contribution in [0.25, 0.3) is 5.69 Å². The van der Waals surface area contributed by atoms with Gasteiger partial charge in [0.05, 0.1) is 18.9 Å². The number of carbonyl (C=O) groups is 2. The summed E-state index contributed by atoms with van der Waals surface area (Å²) in [5.74, 6) is 0.657. The van der Waals surface area contributed by atoms with E-state index in [0.29, 0.717) is 44.1 Å². The molecule has 2 aromatic rings. The van der Waals surface area contributed by atoms with Crippen LogP contribution < -0.4 is 4.74 Å². The number of carbonyl (C=O) groups excluding carboxylic acids is 2. The van der Waals surface area contributed by atoms with E-state index in [2.05, 4.69) is 5.10 Å². The van der Waals surface area contributed by atoms with Crippen molar-refractivity contribution in [3.8, 4) is 11.4 Å². The number of hydrogen-bond acceptors (Lipinski definition) is 5. The van der Waals surface area contributed by atoms with Gasteiger partial charge in [0, 0.05) is 39.0 Å². The second-order valence-corrected chi connectivity index (χ2v) is 6.96. The lowest BCUT2D eigenvalue weighted by atomic mass is 10.2. The third-order valence-electron chi connectivity index (χ3n) is 5.25. The Morgan fingerprint density at radius 3 is 2.61 bits per heavy atom. The number of piperazine rings is 1. The monoisotopic (exact) mass is 384 g/mol. The third-order valence-corrected chi connectivity index (χ3v) is 5.25. The normalized spacial score (nSPS) is 19.7. The summed E-state index contributed by atoms with van der Waals surface area (Å²) in [5, 5.41) is 4.31. The molecule has 0 N–H and O–H groups in total. The first kappa shape index (κ1) is 18.5. The van der Waals surface area contributed by atoms with Gasteiger partial charge in [-0.05, 0) is 25.0 Å². The maximum atomic E-state index is 12.8. The Balaban J connectivity index is 1.39. The van der Waals surface area contributed by atoms with Crippen LogP contribution in [0.4, 0.5) is 0 Å². The summed E-state index contributed by atoms with van der Waals surface area (Å²) in [7, 11) is 1.60. The molecule has 0 radical (unpaired) electrons. The summed E-state index contributed by atoms with van der Waals surface area (Å²) in [6.07, 6.45) is 4.70. The van der Waals surface area contributed by atoms with E-state index in [0.717, 1.165) is 18.5 Å². The number of benzene rings is 1. The number of nitrogens with zero attached hydrogens (tertiary/aromatic N) is 4. The van der Waals surface area contributed by atoms with Crippen molar-refractivity contribution >= 4 is 11.8 Å². The fraction of sp³-hybridized carbons (Fsp3) is 0.450. The molecule has 2 aliphatic heterocycles. The average molecular weight is 384 g/mol. The lowest BCUT2D eigenvalue weighted by Crippen LogP contribution is -2.52. The standard InChI is InChI=1S/C20H24N4O4/c1-27-17-6-3-2-5-16(17)24-14-15(13-21-24)19(25)22-8-10-23(11-9-22)20(26)18-7-4-12-28-18/h2-3,5-6,13-14,18H,4,7-12H2,1H3/t18-/m0/s1. The molecule has 3 heterocycles. The van der Waals surface area contributed by atoms with Crippen molar-refractivity contribution in [1.29, 1.82) is 0 Å². The smallest absolute Gasteiger partial charge is 0.257 e. The van der Waals surface area contributed by atoms with Gasteiger partial charge >= 0.3 is 0 Å². The molecule has 8 nitrogen and oxygen atoms in total. The van der Waals surface area contributed by atoms with Crippen molar-refractivity contribution in [3.63, 3.8) is 0 Å². The quantitative estimate of drug-likeness (QED) is 0.795. The van der Waals surface area contributed by atoms with E-state index >= 15 is 0 Å². The fourth-order valence-corrected chi connectivity index (χ4v) is 3.67. The van der Waals surface area contributed by atoms with Crippen molar-refractivity contribution in [1.82, 2.24) is 19.6 Å². The zero-order valence-electron chi connectivity index (χ0n) is 15.9. The number of para-hydroxylation sites is 2. The minimum Gasteiger partial charge on any atom is -0.494 e. The molecule has 0 bridgehead atoms. The molecule has 148 valence electrons. The largest absolute Gasteiger partial charge is 0.494 e. The molecule has 1 aromatic heterocycles. The van der Waals surface area contributed by atoms with Crippen molar-refractivity contribution in [2.45, 2.75) is 18.9 Å². The molecular weight excluding hydrogens is 360 g/mol. The molecule has 0 aliphatic carbocycles. The SMILES string of the molecule is COc1ccccc1-n1cc(C(=O)N2CCN(C(=O)[C@@H]3CCCO3)CC2)cn1. The predicted molar refractivity (Wildman–Crippen MR) is 102 cm³/mol. The zero-order valence-corrected chi connectivity index (χ0v) is 15.9. The number of methoxy groups -OCH3 is 1. The van der Waals surface area contributed by atoms with E-state index in [-0.39, 0.29) is 17.9 Å². The first-order valence-corrected chi connectivity index (χ1v) is 9.55. The van der Waals surface area contributed by atoms with Crippen LogP contribution in [0.5, 0.6) is 5.75 Å². The maximum absolute atomic E-state index is 12.8. The number of rotatable bonds is 4. The summed E-state index contributed by atoms with van der Waals surface area (Å²) in [6, 6.07) is 7.51. The lowest BCUT2D eigenvalue weighted by molar-refractivity contribution is -0.142. The van der Waals surface area contributed by atoms with Gasteiger partial charge in [-0.2, -0.15) is 5.10 Å². The molecule has 1 aromatic carbocycles. The molecular formula is C20H24N4O4. The van der Waals surface area contributed by atoms with Gasteiger partial charge in [0.15, 0.2) is 0 Å². The van der Waals surface area contributed by atoms with Gasteiger partial charge in [0.25, 0.3) is 11.8 Å². The number of ether oxygens (including phenoxy) is 2. The molecule has 1 atom stereocenters. The summed E-state index contributed by atoms with van der Waals surface area (Å²) < 4.78 is 12.5. The minimum absolute atomic E-state index is 0.0496. The predicted octanol–water partition coefficient (Wildman–Crippen LogP) is 1.34. The molecule has 2 aliphatic rings. The molecule has 8 heteroatoms. The third kappa shape index (κ3) is 3.60. The number of aromatic nitrogens is 2. The Labute approximate surface area is 163 Å². The first-order valence-electron chi connectivity index (χ1n) is 9.55. The van der Waals surface area contributed by atoms with E-state index in [1.165, 1.54) is 0 Å². The van der Waals surface area contributed by atoms with E-state index in [1.807, 2.05) is 24.3 Å². The molecule has 2 amide bonds. The minimum atomic E-state index is -0.304. The Hall–Kier alpha value is -2.87. The van der Waals surface area contributed by atoms with Crippen LogP contribution in [0.2, 0.25) is 0 Å². The zero-order chi connectivity index (χ0) is 19.5. The molecule has 0 unspecified atom stereocenters. The number of amides is 2. The highest BCUT2D eigenvalue weighted by molar-refractivity contribution is 5.94. The van der Waals surface area contributed by atoms with Gasteiger partial charge in [-0.3, -0.25) is 9.59 Å². The van der Waals surface area contributed by atoms with Crippen LogP contribution in [0.3, 0.4) is 0 Å². The lowest BCUT2D eigenvalue weighted by Gasteiger charge is -2.35. The van der Waals surface area contributed by atoms with Crippen LogP contribution in [-0.2, 0) is 9.53 Å². The maximum Gasteiger partial charge on any atom is 0.257 e. The van der Waals surface area contributed by atoms with Gasteiger partial charge in [-0.25, -0.2) is 4.68 Å². The fourth-order valence-electron chi connectivity index (χ4n) is 3.67. The Morgan fingerprint density at radius 1 is 1.14 bits per heavy atom.